The van der Waals surface area contributed by atoms with E-state index in [2.05, 4.69) is 24.2 Å². The number of ether oxygens (including phenoxy) is 1. The lowest BCUT2D eigenvalue weighted by Crippen LogP contribution is -2.47. The van der Waals surface area contributed by atoms with Gasteiger partial charge in [-0.25, -0.2) is 0 Å². The molecule has 0 amide bonds. The van der Waals surface area contributed by atoms with Crippen LogP contribution in [0.3, 0.4) is 0 Å². The Morgan fingerprint density at radius 1 is 1.50 bits per heavy atom. The Balaban J connectivity index is 1.89. The van der Waals surface area contributed by atoms with Crippen molar-refractivity contribution in [2.24, 2.45) is 11.3 Å². The summed E-state index contributed by atoms with van der Waals surface area (Å²) in [4.78, 5) is 2.65. The third kappa shape index (κ3) is 2.96. The lowest BCUT2D eigenvalue weighted by molar-refractivity contribution is 0.0866. The zero-order valence-electron chi connectivity index (χ0n) is 10.8. The van der Waals surface area contributed by atoms with E-state index in [1.54, 1.807) is 0 Å². The Morgan fingerprint density at radius 3 is 3.00 bits per heavy atom. The molecule has 3 heteroatoms. The van der Waals surface area contributed by atoms with Crippen LogP contribution in [0.25, 0.3) is 0 Å². The fraction of sp³-hybridized carbons (Fsp3) is 1.00. The maximum Gasteiger partial charge on any atom is 0.0547 e. The van der Waals surface area contributed by atoms with Crippen LogP contribution in [0.5, 0.6) is 0 Å². The van der Waals surface area contributed by atoms with E-state index in [1.165, 1.54) is 38.9 Å². The summed E-state index contributed by atoms with van der Waals surface area (Å²) in [5.74, 6) is 0.878. The molecule has 2 atom stereocenters. The van der Waals surface area contributed by atoms with Crippen molar-refractivity contribution >= 4 is 0 Å². The average molecular weight is 226 g/mol. The number of hydrogen-bond acceptors (Lipinski definition) is 3. The third-order valence-electron chi connectivity index (χ3n) is 4.04. The van der Waals surface area contributed by atoms with Crippen LogP contribution in [0.4, 0.5) is 0 Å². The highest BCUT2D eigenvalue weighted by atomic mass is 16.5. The van der Waals surface area contributed by atoms with E-state index in [9.17, 15) is 0 Å². The Morgan fingerprint density at radius 2 is 2.38 bits per heavy atom. The molecule has 0 aromatic rings. The highest BCUT2D eigenvalue weighted by Gasteiger charge is 2.36. The standard InChI is InChI=1S/C13H26N2O/c1-12-4-3-6-15(8-12)10-13(9-14-2)5-7-16-11-13/h12,14H,3-11H2,1-2H3. The molecule has 94 valence electrons. The molecule has 0 bridgehead atoms. The van der Waals surface area contributed by atoms with E-state index in [4.69, 9.17) is 4.74 Å². The summed E-state index contributed by atoms with van der Waals surface area (Å²) >= 11 is 0. The highest BCUT2D eigenvalue weighted by Crippen LogP contribution is 2.30. The van der Waals surface area contributed by atoms with Crippen molar-refractivity contribution in [3.05, 3.63) is 0 Å². The number of hydrogen-bond donors (Lipinski definition) is 1. The summed E-state index contributed by atoms with van der Waals surface area (Å²) in [6.45, 7) is 9.16. The lowest BCUT2D eigenvalue weighted by Gasteiger charge is -2.38. The predicted molar refractivity (Wildman–Crippen MR) is 66.6 cm³/mol. The molecule has 0 radical (unpaired) electrons. The van der Waals surface area contributed by atoms with Gasteiger partial charge in [-0.1, -0.05) is 6.92 Å². The minimum atomic E-state index is 0.381. The maximum atomic E-state index is 5.61. The van der Waals surface area contributed by atoms with Gasteiger partial charge in [-0.3, -0.25) is 0 Å². The van der Waals surface area contributed by atoms with Crippen molar-refractivity contribution in [1.82, 2.24) is 10.2 Å². The van der Waals surface area contributed by atoms with Crippen molar-refractivity contribution < 1.29 is 4.74 Å². The summed E-state index contributed by atoms with van der Waals surface area (Å²) < 4.78 is 5.61. The molecule has 2 fully saturated rings. The summed E-state index contributed by atoms with van der Waals surface area (Å²) in [5, 5.41) is 3.34. The molecule has 16 heavy (non-hydrogen) atoms. The van der Waals surface area contributed by atoms with E-state index in [0.29, 0.717) is 5.41 Å². The SMILES string of the molecule is CNCC1(CN2CCCC(C)C2)CCOC1. The largest absolute Gasteiger partial charge is 0.381 e. The maximum absolute atomic E-state index is 5.61. The molecule has 2 unspecified atom stereocenters. The fourth-order valence-corrected chi connectivity index (χ4v) is 3.25. The summed E-state index contributed by atoms with van der Waals surface area (Å²) in [7, 11) is 2.05. The van der Waals surface area contributed by atoms with Crippen LogP contribution in [0.1, 0.15) is 26.2 Å². The number of piperidine rings is 1. The van der Waals surface area contributed by atoms with Crippen molar-refractivity contribution in [2.75, 3.05) is 46.4 Å². The van der Waals surface area contributed by atoms with E-state index in [0.717, 1.165) is 25.7 Å². The Bertz CT molecular complexity index is 214. The molecule has 2 rings (SSSR count). The van der Waals surface area contributed by atoms with Crippen molar-refractivity contribution in [3.8, 4) is 0 Å². The van der Waals surface area contributed by atoms with Crippen LogP contribution >= 0.6 is 0 Å². The molecule has 0 aromatic carbocycles. The summed E-state index contributed by atoms with van der Waals surface area (Å²) in [6.07, 6.45) is 4.00. The van der Waals surface area contributed by atoms with Gasteiger partial charge in [-0.2, -0.15) is 0 Å². The van der Waals surface area contributed by atoms with E-state index >= 15 is 0 Å². The van der Waals surface area contributed by atoms with Gasteiger partial charge in [0.25, 0.3) is 0 Å². The number of likely N-dealkylation sites (tertiary alicyclic amines) is 1. The summed E-state index contributed by atoms with van der Waals surface area (Å²) in [5.41, 5.74) is 0.381. The topological polar surface area (TPSA) is 24.5 Å². The average Bonchev–Trinajstić information content (AvgIpc) is 2.67. The molecule has 2 heterocycles. The van der Waals surface area contributed by atoms with Gasteiger partial charge in [0.1, 0.15) is 0 Å². The third-order valence-corrected chi connectivity index (χ3v) is 4.04. The molecular weight excluding hydrogens is 200 g/mol. The van der Waals surface area contributed by atoms with Crippen LogP contribution in [-0.4, -0.2) is 51.3 Å². The van der Waals surface area contributed by atoms with Crippen LogP contribution in [0.2, 0.25) is 0 Å². The molecule has 1 N–H and O–H groups in total. The number of rotatable bonds is 4. The first-order valence-corrected chi connectivity index (χ1v) is 6.69. The van der Waals surface area contributed by atoms with Crippen molar-refractivity contribution in [1.29, 1.82) is 0 Å². The second-order valence-corrected chi connectivity index (χ2v) is 5.82. The van der Waals surface area contributed by atoms with Crippen LogP contribution in [-0.2, 0) is 4.74 Å². The van der Waals surface area contributed by atoms with Gasteiger partial charge in [-0.05, 0) is 38.8 Å². The smallest absolute Gasteiger partial charge is 0.0547 e. The fourth-order valence-electron chi connectivity index (χ4n) is 3.25. The van der Waals surface area contributed by atoms with E-state index < -0.39 is 0 Å². The number of nitrogens with one attached hydrogen (secondary N) is 1. The molecule has 2 aliphatic rings. The first kappa shape index (κ1) is 12.3. The van der Waals surface area contributed by atoms with Gasteiger partial charge in [0.2, 0.25) is 0 Å². The van der Waals surface area contributed by atoms with Crippen LogP contribution in [0.15, 0.2) is 0 Å². The lowest BCUT2D eigenvalue weighted by atomic mass is 9.85. The van der Waals surface area contributed by atoms with E-state index in [-0.39, 0.29) is 0 Å². The molecule has 2 saturated heterocycles. The predicted octanol–water partition coefficient (Wildman–Crippen LogP) is 1.34. The second kappa shape index (κ2) is 5.48. The zero-order chi connectivity index (χ0) is 11.4. The Labute approximate surface area is 99.5 Å². The van der Waals surface area contributed by atoms with Gasteiger partial charge in [0.15, 0.2) is 0 Å². The van der Waals surface area contributed by atoms with Gasteiger partial charge >= 0.3 is 0 Å². The number of nitrogens with zero attached hydrogens (tertiary/aromatic N) is 1. The molecule has 3 nitrogen and oxygen atoms in total. The molecule has 0 spiro atoms. The molecule has 0 saturated carbocycles. The van der Waals surface area contributed by atoms with Gasteiger partial charge in [-0.15, -0.1) is 0 Å². The summed E-state index contributed by atoms with van der Waals surface area (Å²) in [6, 6.07) is 0. The Hall–Kier alpha value is -0.120. The van der Waals surface area contributed by atoms with Crippen LogP contribution < -0.4 is 5.32 Å². The van der Waals surface area contributed by atoms with Crippen molar-refractivity contribution in [2.45, 2.75) is 26.2 Å². The van der Waals surface area contributed by atoms with Gasteiger partial charge in [0, 0.05) is 31.7 Å². The van der Waals surface area contributed by atoms with Crippen LogP contribution in [0, 0.1) is 11.3 Å². The first-order chi connectivity index (χ1) is 7.74. The monoisotopic (exact) mass is 226 g/mol. The second-order valence-electron chi connectivity index (χ2n) is 5.82. The highest BCUT2D eigenvalue weighted by molar-refractivity contribution is 4.89. The molecule has 0 aromatic heterocycles. The van der Waals surface area contributed by atoms with Gasteiger partial charge in [0.05, 0.1) is 6.61 Å². The quantitative estimate of drug-likeness (QED) is 0.783. The molecule has 2 aliphatic heterocycles. The minimum absolute atomic E-state index is 0.381. The molecular formula is C13H26N2O. The zero-order valence-corrected chi connectivity index (χ0v) is 10.8. The minimum Gasteiger partial charge on any atom is -0.381 e. The molecule has 0 aliphatic carbocycles. The van der Waals surface area contributed by atoms with E-state index in [1.807, 2.05) is 0 Å². The van der Waals surface area contributed by atoms with Crippen molar-refractivity contribution in [3.63, 3.8) is 0 Å². The Kier molecular flexibility index (Phi) is 4.22. The first-order valence-electron chi connectivity index (χ1n) is 6.69. The van der Waals surface area contributed by atoms with Gasteiger partial charge < -0.3 is 15.0 Å². The normalized spacial score (nSPS) is 36.8.